The minimum absolute atomic E-state index is 0.359. The Morgan fingerprint density at radius 3 is 2.43 bits per heavy atom. The molecule has 0 aliphatic rings. The van der Waals surface area contributed by atoms with E-state index in [0.29, 0.717) is 12.1 Å². The van der Waals surface area contributed by atoms with E-state index in [9.17, 15) is 26.8 Å². The predicted octanol–water partition coefficient (Wildman–Crippen LogP) is 0.205. The number of halogens is 2. The summed E-state index contributed by atoms with van der Waals surface area (Å²) in [5, 5.41) is 8.73. The van der Waals surface area contributed by atoms with Crippen molar-refractivity contribution in [1.29, 1.82) is 0 Å². The zero-order chi connectivity index (χ0) is 16.4. The highest BCUT2D eigenvalue weighted by molar-refractivity contribution is 7.89. The van der Waals surface area contributed by atoms with E-state index < -0.39 is 50.0 Å². The van der Waals surface area contributed by atoms with Crippen LogP contribution in [0.25, 0.3) is 0 Å². The molecule has 10 heteroatoms. The molecular formula is C11H12F2N2O5S. The van der Waals surface area contributed by atoms with Gasteiger partial charge in [0, 0.05) is 12.5 Å². The summed E-state index contributed by atoms with van der Waals surface area (Å²) in [5.74, 6) is -5.73. The molecule has 1 aromatic rings. The summed E-state index contributed by atoms with van der Waals surface area (Å²) in [5.41, 5.74) is 4.16. The van der Waals surface area contributed by atoms with Crippen LogP contribution in [0.5, 0.6) is 0 Å². The van der Waals surface area contributed by atoms with Crippen LogP contribution in [0.2, 0.25) is 0 Å². The number of rotatable bonds is 6. The van der Waals surface area contributed by atoms with Crippen LogP contribution in [-0.4, -0.2) is 31.4 Å². The molecular weight excluding hydrogens is 310 g/mol. The van der Waals surface area contributed by atoms with E-state index in [-0.39, 0.29) is 6.42 Å². The third kappa shape index (κ3) is 4.20. The summed E-state index contributed by atoms with van der Waals surface area (Å²) in [7, 11) is -4.55. The zero-order valence-electron chi connectivity index (χ0n) is 10.8. The number of hydrogen-bond acceptors (Lipinski definition) is 4. The Morgan fingerprint density at radius 2 is 1.95 bits per heavy atom. The number of benzene rings is 1. The number of amides is 1. The smallest absolute Gasteiger partial charge is 0.335 e. The van der Waals surface area contributed by atoms with E-state index >= 15 is 0 Å². The van der Waals surface area contributed by atoms with Gasteiger partial charge in [-0.2, -0.15) is 0 Å². The predicted molar refractivity (Wildman–Crippen MR) is 66.9 cm³/mol. The number of carboxylic acid groups (broad SMARTS) is 1. The summed E-state index contributed by atoms with van der Waals surface area (Å²) in [6.45, 7) is 1.29. The lowest BCUT2D eigenvalue weighted by atomic mass is 10.2. The number of primary amides is 1. The Hall–Kier alpha value is -2.07. The second-order valence-corrected chi connectivity index (χ2v) is 5.95. The first-order chi connectivity index (χ1) is 9.54. The van der Waals surface area contributed by atoms with Gasteiger partial charge in [0.2, 0.25) is 15.9 Å². The lowest BCUT2D eigenvalue weighted by molar-refractivity contribution is -0.118. The lowest BCUT2D eigenvalue weighted by Crippen LogP contribution is -2.36. The Kier molecular flexibility index (Phi) is 4.97. The highest BCUT2D eigenvalue weighted by Gasteiger charge is 2.26. The van der Waals surface area contributed by atoms with Gasteiger partial charge in [0.25, 0.3) is 0 Å². The van der Waals surface area contributed by atoms with Gasteiger partial charge < -0.3 is 10.8 Å². The number of carbonyl (C=O) groups is 2. The Balaban J connectivity index is 3.25. The highest BCUT2D eigenvalue weighted by Crippen LogP contribution is 2.20. The minimum Gasteiger partial charge on any atom is -0.478 e. The van der Waals surface area contributed by atoms with Gasteiger partial charge in [-0.3, -0.25) is 4.79 Å². The van der Waals surface area contributed by atoms with Crippen molar-refractivity contribution in [1.82, 2.24) is 4.72 Å². The molecule has 1 aromatic carbocycles. The molecule has 1 atom stereocenters. The molecule has 0 aliphatic heterocycles. The fourth-order valence-corrected chi connectivity index (χ4v) is 2.91. The molecule has 0 saturated heterocycles. The van der Waals surface area contributed by atoms with Gasteiger partial charge in [-0.1, -0.05) is 0 Å². The molecule has 0 aromatic heterocycles. The Bertz CT molecular complexity index is 690. The summed E-state index contributed by atoms with van der Waals surface area (Å²) >= 11 is 0. The maximum Gasteiger partial charge on any atom is 0.335 e. The van der Waals surface area contributed by atoms with E-state index in [4.69, 9.17) is 10.8 Å². The standard InChI is InChI=1S/C11H12F2N2O5S/c1-5(2-9(14)16)15-21(19,20)8-4-6(11(17)18)3-7(12)10(8)13/h3-5,15H,2H2,1H3,(H2,14,16)(H,17,18). The molecule has 1 unspecified atom stereocenters. The van der Waals surface area contributed by atoms with Crippen molar-refractivity contribution in [3.8, 4) is 0 Å². The Morgan fingerprint density at radius 1 is 1.38 bits per heavy atom. The normalized spacial score (nSPS) is 12.9. The van der Waals surface area contributed by atoms with E-state index in [1.807, 2.05) is 4.72 Å². The number of sulfonamides is 1. The van der Waals surface area contributed by atoms with Gasteiger partial charge in [0.1, 0.15) is 4.90 Å². The van der Waals surface area contributed by atoms with Gasteiger partial charge in [-0.15, -0.1) is 0 Å². The number of carbonyl (C=O) groups excluding carboxylic acids is 1. The SMILES string of the molecule is CC(CC(N)=O)NS(=O)(=O)c1cc(C(=O)O)cc(F)c1F. The number of nitrogens with two attached hydrogens (primary N) is 1. The van der Waals surface area contributed by atoms with Crippen molar-refractivity contribution in [2.24, 2.45) is 5.73 Å². The fourth-order valence-electron chi connectivity index (χ4n) is 1.55. The number of nitrogens with one attached hydrogen (secondary N) is 1. The molecule has 7 nitrogen and oxygen atoms in total. The highest BCUT2D eigenvalue weighted by atomic mass is 32.2. The van der Waals surface area contributed by atoms with Crippen molar-refractivity contribution >= 4 is 21.9 Å². The van der Waals surface area contributed by atoms with Crippen LogP contribution in [0.15, 0.2) is 17.0 Å². The molecule has 0 fully saturated rings. The molecule has 116 valence electrons. The molecule has 0 heterocycles. The maximum atomic E-state index is 13.6. The van der Waals surface area contributed by atoms with E-state index in [1.165, 1.54) is 6.92 Å². The third-order valence-electron chi connectivity index (χ3n) is 2.40. The van der Waals surface area contributed by atoms with Gasteiger partial charge in [0.05, 0.1) is 5.56 Å². The van der Waals surface area contributed by atoms with Crippen LogP contribution in [0, 0.1) is 11.6 Å². The third-order valence-corrected chi connectivity index (χ3v) is 3.98. The molecule has 1 amide bonds. The zero-order valence-corrected chi connectivity index (χ0v) is 11.6. The van der Waals surface area contributed by atoms with Gasteiger partial charge in [-0.05, 0) is 19.1 Å². The van der Waals surface area contributed by atoms with Crippen LogP contribution in [-0.2, 0) is 14.8 Å². The summed E-state index contributed by atoms with van der Waals surface area (Å²) in [6, 6.07) is -0.118. The summed E-state index contributed by atoms with van der Waals surface area (Å²) < 4.78 is 52.6. The van der Waals surface area contributed by atoms with Crippen LogP contribution in [0.4, 0.5) is 8.78 Å². The largest absolute Gasteiger partial charge is 0.478 e. The average molecular weight is 322 g/mol. The van der Waals surface area contributed by atoms with Crippen molar-refractivity contribution in [3.63, 3.8) is 0 Å². The van der Waals surface area contributed by atoms with Gasteiger partial charge in [0.15, 0.2) is 11.6 Å². The first kappa shape index (κ1) is 17.0. The molecule has 0 radical (unpaired) electrons. The minimum atomic E-state index is -4.55. The quantitative estimate of drug-likeness (QED) is 0.690. The first-order valence-electron chi connectivity index (χ1n) is 5.57. The second kappa shape index (κ2) is 6.14. The van der Waals surface area contributed by atoms with Crippen molar-refractivity contribution in [2.75, 3.05) is 0 Å². The summed E-state index contributed by atoms with van der Waals surface area (Å²) in [4.78, 5) is 20.3. The number of aromatic carboxylic acids is 1. The molecule has 0 aliphatic carbocycles. The topological polar surface area (TPSA) is 127 Å². The van der Waals surface area contributed by atoms with E-state index in [0.717, 1.165) is 0 Å². The Labute approximate surface area is 118 Å². The molecule has 4 N–H and O–H groups in total. The summed E-state index contributed by atoms with van der Waals surface area (Å²) in [6.07, 6.45) is -0.359. The van der Waals surface area contributed by atoms with E-state index in [1.54, 1.807) is 0 Å². The van der Waals surface area contributed by atoms with Crippen LogP contribution < -0.4 is 10.5 Å². The molecule has 21 heavy (non-hydrogen) atoms. The monoisotopic (exact) mass is 322 g/mol. The van der Waals surface area contributed by atoms with Crippen molar-refractivity contribution < 1.29 is 31.9 Å². The van der Waals surface area contributed by atoms with Crippen molar-refractivity contribution in [3.05, 3.63) is 29.3 Å². The molecule has 1 rings (SSSR count). The van der Waals surface area contributed by atoms with Crippen LogP contribution in [0.3, 0.4) is 0 Å². The maximum absolute atomic E-state index is 13.6. The fraction of sp³-hybridized carbons (Fsp3) is 0.273. The van der Waals surface area contributed by atoms with E-state index in [2.05, 4.69) is 0 Å². The van der Waals surface area contributed by atoms with Gasteiger partial charge in [-0.25, -0.2) is 26.7 Å². The molecule has 0 spiro atoms. The molecule has 0 saturated carbocycles. The van der Waals surface area contributed by atoms with Gasteiger partial charge >= 0.3 is 5.97 Å². The van der Waals surface area contributed by atoms with Crippen molar-refractivity contribution in [2.45, 2.75) is 24.3 Å². The number of carboxylic acids is 1. The van der Waals surface area contributed by atoms with Crippen LogP contribution in [0.1, 0.15) is 23.7 Å². The number of hydrogen-bond donors (Lipinski definition) is 3. The molecule has 0 bridgehead atoms. The van der Waals surface area contributed by atoms with Crippen LogP contribution >= 0.6 is 0 Å². The second-order valence-electron chi connectivity index (χ2n) is 4.27. The first-order valence-corrected chi connectivity index (χ1v) is 7.06. The average Bonchev–Trinajstić information content (AvgIpc) is 2.29. The lowest BCUT2D eigenvalue weighted by Gasteiger charge is -2.13.